The average Bonchev–Trinajstić information content (AvgIpc) is 4.06. The fourth-order valence-corrected chi connectivity index (χ4v) is 9.57. The summed E-state index contributed by atoms with van der Waals surface area (Å²) >= 11 is 0. The van der Waals surface area contributed by atoms with E-state index < -0.39 is 0 Å². The van der Waals surface area contributed by atoms with Gasteiger partial charge in [0.15, 0.2) is 0 Å². The maximum Gasteiger partial charge on any atom is 0.0485 e. The molecule has 0 saturated carbocycles. The quantitative estimate of drug-likeness (QED) is 0.136. The molecule has 0 bridgehead atoms. The minimum absolute atomic E-state index is 1.06. The summed E-state index contributed by atoms with van der Waals surface area (Å²) in [6.07, 6.45) is 0. The number of nitrogens with one attached hydrogen (secondary N) is 4. The van der Waals surface area contributed by atoms with Crippen LogP contribution in [0, 0.1) is 0 Å². The van der Waals surface area contributed by atoms with E-state index in [9.17, 15) is 0 Å². The molecule has 0 spiro atoms. The molecule has 4 N–H and O–H groups in total. The van der Waals surface area contributed by atoms with Gasteiger partial charge in [0, 0.05) is 121 Å². The minimum Gasteiger partial charge on any atom is -0.354 e. The van der Waals surface area contributed by atoms with E-state index in [0.717, 1.165) is 78.3 Å². The number of hydrogen-bond acceptors (Lipinski definition) is 2. The zero-order chi connectivity index (χ0) is 39.3. The van der Waals surface area contributed by atoms with Crippen LogP contribution in [-0.4, -0.2) is 19.9 Å². The largest absolute Gasteiger partial charge is 0.354 e. The van der Waals surface area contributed by atoms with Crippen molar-refractivity contribution in [1.82, 2.24) is 19.9 Å². The molecule has 4 heterocycles. The van der Waals surface area contributed by atoms with Gasteiger partial charge < -0.3 is 29.7 Å². The van der Waals surface area contributed by atoms with Gasteiger partial charge in [0.05, 0.1) is 0 Å². The van der Waals surface area contributed by atoms with Gasteiger partial charge in [-0.15, -0.1) is 0 Å². The van der Waals surface area contributed by atoms with Gasteiger partial charge in [0.1, 0.15) is 0 Å². The van der Waals surface area contributed by atoms with Crippen LogP contribution in [0.25, 0.3) is 87.2 Å². The topological polar surface area (TPSA) is 69.6 Å². The molecule has 0 fully saturated rings. The van der Waals surface area contributed by atoms with Crippen LogP contribution in [0.3, 0.4) is 0 Å². The summed E-state index contributed by atoms with van der Waals surface area (Å²) in [4.78, 5) is 19.4. The SMILES string of the molecule is c1ccc2c(c1)[nH]c1cc(N(c3ccc(N(c4ccc5c(c4)[nH]c4ccccc45)c4ccc5c(c4)[nH]c4ccccc45)cc3)c3ccc4c(c3)[nH]c3ccccc34)ccc12. The highest BCUT2D eigenvalue weighted by molar-refractivity contribution is 6.12. The number of anilines is 6. The third-order valence-corrected chi connectivity index (χ3v) is 12.4. The number of benzene rings is 9. The summed E-state index contributed by atoms with van der Waals surface area (Å²) < 4.78 is 0. The molecular formula is C54H36N6. The van der Waals surface area contributed by atoms with Gasteiger partial charge in [-0.25, -0.2) is 0 Å². The van der Waals surface area contributed by atoms with Gasteiger partial charge >= 0.3 is 0 Å². The third kappa shape index (κ3) is 5.01. The van der Waals surface area contributed by atoms with Crippen molar-refractivity contribution in [2.24, 2.45) is 0 Å². The van der Waals surface area contributed by atoms with Crippen LogP contribution in [0.4, 0.5) is 34.1 Å². The fourth-order valence-electron chi connectivity index (χ4n) is 9.57. The van der Waals surface area contributed by atoms with E-state index in [1.54, 1.807) is 0 Å². The first-order chi connectivity index (χ1) is 29.7. The van der Waals surface area contributed by atoms with Gasteiger partial charge in [-0.05, 0) is 97.1 Å². The Morgan fingerprint density at radius 1 is 0.200 bits per heavy atom. The molecule has 13 aromatic rings. The van der Waals surface area contributed by atoms with Crippen molar-refractivity contribution in [2.75, 3.05) is 9.80 Å². The van der Waals surface area contributed by atoms with Gasteiger partial charge in [0.2, 0.25) is 0 Å². The van der Waals surface area contributed by atoms with Crippen LogP contribution in [0.1, 0.15) is 0 Å². The molecule has 0 aliphatic rings. The summed E-state index contributed by atoms with van der Waals surface area (Å²) in [5, 5.41) is 9.76. The minimum atomic E-state index is 1.06. The number of aromatic nitrogens is 4. The molecule has 4 aromatic heterocycles. The molecule has 282 valence electrons. The van der Waals surface area contributed by atoms with Gasteiger partial charge in [-0.1, -0.05) is 97.1 Å². The lowest BCUT2D eigenvalue weighted by Crippen LogP contribution is -2.12. The van der Waals surface area contributed by atoms with Crippen LogP contribution >= 0.6 is 0 Å². The van der Waals surface area contributed by atoms with Crippen molar-refractivity contribution in [3.8, 4) is 0 Å². The highest BCUT2D eigenvalue weighted by Crippen LogP contribution is 2.43. The Hall–Kier alpha value is -8.22. The molecule has 0 atom stereocenters. The summed E-state index contributed by atoms with van der Waals surface area (Å²) in [5.41, 5.74) is 15.4. The molecule has 0 amide bonds. The predicted molar refractivity (Wildman–Crippen MR) is 253 cm³/mol. The number of nitrogens with zero attached hydrogens (tertiary/aromatic N) is 2. The standard InChI is InChI=1S/C54H36N6/c1-5-13-47-39(9-1)43-25-21-35(29-51(43)55-47)59(36-22-26-44-40-10-2-6-14-48(40)56-52(44)30-36)33-17-19-34(20-18-33)60(37-23-27-45-41-11-3-7-15-49(41)57-53(45)31-37)38-24-28-46-42-12-4-8-16-50(42)58-54(46)32-38/h1-32,55-58H. The lowest BCUT2D eigenvalue weighted by Gasteiger charge is -2.28. The van der Waals surface area contributed by atoms with Gasteiger partial charge in [0.25, 0.3) is 0 Å². The Morgan fingerprint density at radius 3 is 0.683 bits per heavy atom. The van der Waals surface area contributed by atoms with Gasteiger partial charge in [-0.2, -0.15) is 0 Å². The second-order valence-electron chi connectivity index (χ2n) is 15.8. The molecule has 60 heavy (non-hydrogen) atoms. The van der Waals surface area contributed by atoms with E-state index in [4.69, 9.17) is 0 Å². The molecule has 6 nitrogen and oxygen atoms in total. The predicted octanol–water partition coefficient (Wildman–Crippen LogP) is 15.2. The zero-order valence-electron chi connectivity index (χ0n) is 32.4. The van der Waals surface area contributed by atoms with Crippen molar-refractivity contribution < 1.29 is 0 Å². The number of aromatic amines is 4. The number of hydrogen-bond donors (Lipinski definition) is 4. The van der Waals surface area contributed by atoms with Crippen LogP contribution in [0.2, 0.25) is 0 Å². The number of fused-ring (bicyclic) bond motifs is 12. The fraction of sp³-hybridized carbons (Fsp3) is 0. The van der Waals surface area contributed by atoms with Crippen molar-refractivity contribution in [3.63, 3.8) is 0 Å². The number of rotatable bonds is 6. The van der Waals surface area contributed by atoms with Crippen LogP contribution < -0.4 is 9.80 Å². The molecule has 6 heteroatoms. The second-order valence-corrected chi connectivity index (χ2v) is 15.8. The average molecular weight is 769 g/mol. The summed E-state index contributed by atoms with van der Waals surface area (Å²) in [6, 6.07) is 70.1. The van der Waals surface area contributed by atoms with E-state index in [2.05, 4.69) is 224 Å². The lowest BCUT2D eigenvalue weighted by molar-refractivity contribution is 1.26. The Labute approximate surface area is 343 Å². The Bertz CT molecular complexity index is 3330. The first kappa shape index (κ1) is 32.8. The van der Waals surface area contributed by atoms with Crippen molar-refractivity contribution in [3.05, 3.63) is 194 Å². The monoisotopic (exact) mass is 768 g/mol. The molecule has 9 aromatic carbocycles. The maximum absolute atomic E-state index is 3.68. The smallest absolute Gasteiger partial charge is 0.0485 e. The first-order valence-electron chi connectivity index (χ1n) is 20.4. The van der Waals surface area contributed by atoms with E-state index in [-0.39, 0.29) is 0 Å². The summed E-state index contributed by atoms with van der Waals surface area (Å²) in [5.74, 6) is 0. The Morgan fingerprint density at radius 2 is 0.417 bits per heavy atom. The molecule has 0 radical (unpaired) electrons. The van der Waals surface area contributed by atoms with E-state index >= 15 is 0 Å². The molecule has 13 rings (SSSR count). The van der Waals surface area contributed by atoms with Crippen LogP contribution in [0.5, 0.6) is 0 Å². The van der Waals surface area contributed by atoms with Crippen molar-refractivity contribution in [1.29, 1.82) is 0 Å². The van der Waals surface area contributed by atoms with Crippen LogP contribution in [-0.2, 0) is 0 Å². The molecule has 0 saturated heterocycles. The first-order valence-corrected chi connectivity index (χ1v) is 20.4. The molecule has 0 aliphatic carbocycles. The molecule has 0 aliphatic heterocycles. The second kappa shape index (κ2) is 12.6. The van der Waals surface area contributed by atoms with Crippen molar-refractivity contribution >= 4 is 121 Å². The Kier molecular flexibility index (Phi) is 6.91. The van der Waals surface area contributed by atoms with E-state index in [1.807, 2.05) is 0 Å². The normalized spacial score (nSPS) is 12.0. The highest BCUT2D eigenvalue weighted by Gasteiger charge is 2.20. The van der Waals surface area contributed by atoms with Gasteiger partial charge in [-0.3, -0.25) is 0 Å². The zero-order valence-corrected chi connectivity index (χ0v) is 32.4. The van der Waals surface area contributed by atoms with Crippen molar-refractivity contribution in [2.45, 2.75) is 0 Å². The summed E-state index contributed by atoms with van der Waals surface area (Å²) in [6.45, 7) is 0. The lowest BCUT2D eigenvalue weighted by atomic mass is 10.1. The summed E-state index contributed by atoms with van der Waals surface area (Å²) in [7, 11) is 0. The van der Waals surface area contributed by atoms with Crippen LogP contribution in [0.15, 0.2) is 194 Å². The number of para-hydroxylation sites is 4. The molecule has 0 unspecified atom stereocenters. The maximum atomic E-state index is 3.68. The number of H-pyrrole nitrogens is 4. The molecular weight excluding hydrogens is 733 g/mol. The Balaban J connectivity index is 0.976. The van der Waals surface area contributed by atoms with E-state index in [0.29, 0.717) is 0 Å². The third-order valence-electron chi connectivity index (χ3n) is 12.4. The van der Waals surface area contributed by atoms with E-state index in [1.165, 1.54) is 43.1 Å². The highest BCUT2D eigenvalue weighted by atomic mass is 15.2.